The molecule has 0 saturated heterocycles. The summed E-state index contributed by atoms with van der Waals surface area (Å²) in [7, 11) is 0. The average molecular weight is 271 g/mol. The van der Waals surface area contributed by atoms with E-state index in [1.54, 1.807) is 11.8 Å². The summed E-state index contributed by atoms with van der Waals surface area (Å²) < 4.78 is 0. The van der Waals surface area contributed by atoms with Crippen molar-refractivity contribution in [1.29, 1.82) is 0 Å². The Hall–Kier alpha value is -1.32. The summed E-state index contributed by atoms with van der Waals surface area (Å²) in [6.07, 6.45) is 5.42. The third-order valence-corrected chi connectivity index (χ3v) is 4.65. The largest absolute Gasteiger partial charge is 0.388 e. The van der Waals surface area contributed by atoms with Crippen molar-refractivity contribution >= 4 is 11.8 Å². The minimum absolute atomic E-state index is 0.129. The number of aromatic nitrogens is 1. The average Bonchev–Trinajstić information content (AvgIpc) is 2.90. The van der Waals surface area contributed by atoms with Crippen LogP contribution in [0.25, 0.3) is 0 Å². The Morgan fingerprint density at radius 3 is 2.95 bits per heavy atom. The van der Waals surface area contributed by atoms with E-state index in [0.29, 0.717) is 0 Å². The highest BCUT2D eigenvalue weighted by molar-refractivity contribution is 7.98. The summed E-state index contributed by atoms with van der Waals surface area (Å²) in [5.41, 5.74) is 3.39. The lowest BCUT2D eigenvalue weighted by Crippen LogP contribution is -2.10. The van der Waals surface area contributed by atoms with Crippen molar-refractivity contribution in [2.24, 2.45) is 0 Å². The first-order valence-electron chi connectivity index (χ1n) is 6.56. The molecule has 1 aliphatic rings. The van der Waals surface area contributed by atoms with Gasteiger partial charge in [0.2, 0.25) is 0 Å². The Kier molecular flexibility index (Phi) is 3.58. The molecule has 1 aliphatic carbocycles. The van der Waals surface area contributed by atoms with E-state index < -0.39 is 6.10 Å². The molecule has 0 amide bonds. The van der Waals surface area contributed by atoms with Crippen LogP contribution in [0.1, 0.15) is 35.3 Å². The molecule has 0 radical (unpaired) electrons. The predicted octanol–water partition coefficient (Wildman–Crippen LogP) is 3.57. The first-order valence-corrected chi connectivity index (χ1v) is 7.78. The molecule has 19 heavy (non-hydrogen) atoms. The third kappa shape index (κ3) is 2.28. The van der Waals surface area contributed by atoms with Crippen molar-refractivity contribution in [3.05, 3.63) is 59.4 Å². The Morgan fingerprint density at radius 2 is 2.11 bits per heavy atom. The molecule has 1 aromatic carbocycles. The second-order valence-electron chi connectivity index (χ2n) is 4.88. The van der Waals surface area contributed by atoms with Crippen molar-refractivity contribution in [2.45, 2.75) is 29.8 Å². The molecule has 2 atom stereocenters. The van der Waals surface area contributed by atoms with Crippen LogP contribution in [0.4, 0.5) is 0 Å². The van der Waals surface area contributed by atoms with Crippen LogP contribution in [0.15, 0.2) is 47.5 Å². The zero-order valence-electron chi connectivity index (χ0n) is 10.9. The van der Waals surface area contributed by atoms with Crippen LogP contribution in [0, 0.1) is 0 Å². The van der Waals surface area contributed by atoms with E-state index >= 15 is 0 Å². The van der Waals surface area contributed by atoms with E-state index in [9.17, 15) is 5.11 Å². The number of nitrogens with zero attached hydrogens (tertiary/aromatic N) is 1. The number of thioether (sulfide) groups is 1. The SMILES string of the molecule is CSc1ccccc1C(O)C1CCc2cccnc21. The summed E-state index contributed by atoms with van der Waals surface area (Å²) in [5.74, 6) is 0.129. The lowest BCUT2D eigenvalue weighted by molar-refractivity contribution is 0.140. The van der Waals surface area contributed by atoms with Gasteiger partial charge in [0, 0.05) is 22.7 Å². The molecular formula is C16H17NOS. The molecule has 0 aliphatic heterocycles. The summed E-state index contributed by atoms with van der Waals surface area (Å²) >= 11 is 1.68. The van der Waals surface area contributed by atoms with Crippen LogP contribution in [0.3, 0.4) is 0 Å². The van der Waals surface area contributed by atoms with Crippen molar-refractivity contribution in [3.8, 4) is 0 Å². The predicted molar refractivity (Wildman–Crippen MR) is 78.5 cm³/mol. The quantitative estimate of drug-likeness (QED) is 0.866. The van der Waals surface area contributed by atoms with Crippen LogP contribution in [0.2, 0.25) is 0 Å². The molecule has 0 bridgehead atoms. The number of benzene rings is 1. The molecule has 1 heterocycles. The minimum Gasteiger partial charge on any atom is -0.388 e. The molecule has 98 valence electrons. The molecular weight excluding hydrogens is 254 g/mol. The number of hydrogen-bond acceptors (Lipinski definition) is 3. The van der Waals surface area contributed by atoms with Gasteiger partial charge in [-0.15, -0.1) is 11.8 Å². The van der Waals surface area contributed by atoms with E-state index in [1.807, 2.05) is 36.7 Å². The van der Waals surface area contributed by atoms with Gasteiger partial charge in [0.15, 0.2) is 0 Å². The Morgan fingerprint density at radius 1 is 1.26 bits per heavy atom. The fraction of sp³-hybridized carbons (Fsp3) is 0.312. The van der Waals surface area contributed by atoms with Gasteiger partial charge < -0.3 is 5.11 Å². The zero-order valence-corrected chi connectivity index (χ0v) is 11.7. The van der Waals surface area contributed by atoms with Gasteiger partial charge in [-0.3, -0.25) is 4.98 Å². The standard InChI is InChI=1S/C16H17NOS/c1-19-14-7-3-2-6-12(14)16(18)13-9-8-11-5-4-10-17-15(11)13/h2-7,10,13,16,18H,8-9H2,1H3. The first kappa shape index (κ1) is 12.7. The molecule has 2 nitrogen and oxygen atoms in total. The van der Waals surface area contributed by atoms with E-state index in [2.05, 4.69) is 17.1 Å². The number of aliphatic hydroxyl groups is 1. The highest BCUT2D eigenvalue weighted by Gasteiger charge is 2.31. The van der Waals surface area contributed by atoms with Crippen LogP contribution >= 0.6 is 11.8 Å². The lowest BCUT2D eigenvalue weighted by Gasteiger charge is -2.20. The van der Waals surface area contributed by atoms with Gasteiger partial charge in [0.05, 0.1) is 6.10 Å². The fourth-order valence-corrected chi connectivity index (χ4v) is 3.52. The molecule has 1 N–H and O–H groups in total. The van der Waals surface area contributed by atoms with Crippen molar-refractivity contribution in [3.63, 3.8) is 0 Å². The second kappa shape index (κ2) is 5.35. The fourth-order valence-electron chi connectivity index (χ4n) is 2.88. The Balaban J connectivity index is 1.95. The second-order valence-corrected chi connectivity index (χ2v) is 5.73. The number of aliphatic hydroxyl groups excluding tert-OH is 1. The first-order chi connectivity index (χ1) is 9.31. The molecule has 2 unspecified atom stereocenters. The van der Waals surface area contributed by atoms with E-state index in [1.165, 1.54) is 5.56 Å². The molecule has 0 spiro atoms. The number of aryl methyl sites for hydroxylation is 1. The van der Waals surface area contributed by atoms with Gasteiger partial charge in [-0.1, -0.05) is 24.3 Å². The van der Waals surface area contributed by atoms with Gasteiger partial charge in [-0.2, -0.15) is 0 Å². The topological polar surface area (TPSA) is 33.1 Å². The summed E-state index contributed by atoms with van der Waals surface area (Å²) in [5, 5.41) is 10.7. The Bertz CT molecular complexity index is 584. The number of fused-ring (bicyclic) bond motifs is 1. The molecule has 3 heteroatoms. The van der Waals surface area contributed by atoms with Gasteiger partial charge in [-0.25, -0.2) is 0 Å². The molecule has 1 aromatic heterocycles. The highest BCUT2D eigenvalue weighted by Crippen LogP contribution is 2.42. The molecule has 3 rings (SSSR count). The van der Waals surface area contributed by atoms with E-state index in [4.69, 9.17) is 0 Å². The normalized spacial score (nSPS) is 19.2. The van der Waals surface area contributed by atoms with E-state index in [-0.39, 0.29) is 5.92 Å². The number of rotatable bonds is 3. The van der Waals surface area contributed by atoms with Crippen LogP contribution in [0.5, 0.6) is 0 Å². The smallest absolute Gasteiger partial charge is 0.0884 e. The lowest BCUT2D eigenvalue weighted by atomic mass is 9.93. The Labute approximate surface area is 117 Å². The molecule has 0 saturated carbocycles. The van der Waals surface area contributed by atoms with Crippen molar-refractivity contribution in [2.75, 3.05) is 6.26 Å². The number of hydrogen-bond donors (Lipinski definition) is 1. The number of pyridine rings is 1. The minimum atomic E-state index is -0.459. The van der Waals surface area contributed by atoms with Crippen molar-refractivity contribution in [1.82, 2.24) is 4.98 Å². The van der Waals surface area contributed by atoms with Gasteiger partial charge in [0.25, 0.3) is 0 Å². The van der Waals surface area contributed by atoms with Crippen molar-refractivity contribution < 1.29 is 5.11 Å². The van der Waals surface area contributed by atoms with Gasteiger partial charge in [0.1, 0.15) is 0 Å². The molecule has 2 aromatic rings. The van der Waals surface area contributed by atoms with E-state index in [0.717, 1.165) is 29.0 Å². The van der Waals surface area contributed by atoms with Crippen LogP contribution < -0.4 is 0 Å². The van der Waals surface area contributed by atoms with Crippen LogP contribution in [-0.2, 0) is 6.42 Å². The summed E-state index contributed by atoms with van der Waals surface area (Å²) in [4.78, 5) is 5.63. The van der Waals surface area contributed by atoms with Gasteiger partial charge in [-0.05, 0) is 42.4 Å². The highest BCUT2D eigenvalue weighted by atomic mass is 32.2. The monoisotopic (exact) mass is 271 g/mol. The summed E-state index contributed by atoms with van der Waals surface area (Å²) in [6, 6.07) is 12.2. The summed E-state index contributed by atoms with van der Waals surface area (Å²) in [6.45, 7) is 0. The maximum Gasteiger partial charge on any atom is 0.0884 e. The zero-order chi connectivity index (χ0) is 13.2. The third-order valence-electron chi connectivity index (χ3n) is 3.84. The maximum atomic E-state index is 10.7. The van der Waals surface area contributed by atoms with Crippen LogP contribution in [-0.4, -0.2) is 16.3 Å². The molecule has 0 fully saturated rings. The maximum absolute atomic E-state index is 10.7. The van der Waals surface area contributed by atoms with Gasteiger partial charge >= 0.3 is 0 Å².